The van der Waals surface area contributed by atoms with E-state index in [1.807, 2.05) is 4.90 Å². The van der Waals surface area contributed by atoms with Crippen molar-refractivity contribution >= 4 is 5.91 Å². The van der Waals surface area contributed by atoms with Crippen LogP contribution >= 0.6 is 0 Å². The van der Waals surface area contributed by atoms with Gasteiger partial charge in [0.05, 0.1) is 12.7 Å². The fourth-order valence-electron chi connectivity index (χ4n) is 4.19. The molecule has 1 heterocycles. The number of piperidine rings is 1. The summed E-state index contributed by atoms with van der Waals surface area (Å²) < 4.78 is 31.7. The fraction of sp³-hybridized carbons (Fsp3) is 0.650. The lowest BCUT2D eigenvalue weighted by molar-refractivity contribution is -0.151. The highest BCUT2D eigenvalue weighted by molar-refractivity contribution is 5.80. The third-order valence-electron chi connectivity index (χ3n) is 5.74. The number of alkyl halides is 2. The Bertz CT molecular complexity index is 646. The average Bonchev–Trinajstić information content (AvgIpc) is 2.59. The van der Waals surface area contributed by atoms with Crippen LogP contribution in [0.15, 0.2) is 18.2 Å². The Morgan fingerprint density at radius 1 is 1.35 bits per heavy atom. The van der Waals surface area contributed by atoms with Crippen LogP contribution in [0.25, 0.3) is 0 Å². The van der Waals surface area contributed by atoms with Crippen LogP contribution < -0.4 is 4.74 Å². The van der Waals surface area contributed by atoms with Crippen LogP contribution in [0.5, 0.6) is 5.75 Å². The van der Waals surface area contributed by atoms with E-state index in [1.54, 1.807) is 19.1 Å². The molecule has 0 atom stereocenters. The van der Waals surface area contributed by atoms with Gasteiger partial charge in [-0.3, -0.25) is 4.79 Å². The average molecular weight is 367 g/mol. The minimum atomic E-state index is -2.52. The maximum absolute atomic E-state index is 13.3. The van der Waals surface area contributed by atoms with Gasteiger partial charge in [-0.1, -0.05) is 6.07 Å². The van der Waals surface area contributed by atoms with Crippen molar-refractivity contribution in [3.8, 4) is 5.75 Å². The molecule has 1 aliphatic heterocycles. The largest absolute Gasteiger partial charge is 0.497 e. The van der Waals surface area contributed by atoms with Crippen LogP contribution in [0.1, 0.15) is 50.2 Å². The number of halogens is 2. The molecular formula is C20H27F2NO3. The molecule has 0 unspecified atom stereocenters. The second-order valence-corrected chi connectivity index (χ2v) is 7.94. The third kappa shape index (κ3) is 4.17. The van der Waals surface area contributed by atoms with Gasteiger partial charge in [-0.25, -0.2) is 8.78 Å². The minimum Gasteiger partial charge on any atom is -0.497 e. The maximum atomic E-state index is 13.3. The van der Waals surface area contributed by atoms with Gasteiger partial charge < -0.3 is 14.7 Å². The zero-order valence-electron chi connectivity index (χ0n) is 15.4. The zero-order valence-corrected chi connectivity index (χ0v) is 15.4. The van der Waals surface area contributed by atoms with Crippen molar-refractivity contribution in [2.45, 2.75) is 51.1 Å². The number of amides is 1. The van der Waals surface area contributed by atoms with Crippen LogP contribution in [0.3, 0.4) is 0 Å². The van der Waals surface area contributed by atoms with Crippen LogP contribution in [-0.2, 0) is 11.2 Å². The molecule has 26 heavy (non-hydrogen) atoms. The van der Waals surface area contributed by atoms with Crippen molar-refractivity contribution in [2.24, 2.45) is 11.8 Å². The standard InChI is InChI=1S/C20H27F2NO3/c1-20(25)11-15(12-20)19(24)23-7-5-13(6-8-23)9-14-3-4-16(26-2)10-17(14)18(21)22/h3-4,10,13,15,18,25H,5-9,11-12H2,1-2H3. The lowest BCUT2D eigenvalue weighted by Gasteiger charge is -2.43. The highest BCUT2D eigenvalue weighted by Crippen LogP contribution is 2.39. The first-order valence-electron chi connectivity index (χ1n) is 9.25. The van der Waals surface area contributed by atoms with E-state index in [1.165, 1.54) is 13.2 Å². The number of methoxy groups -OCH3 is 1. The van der Waals surface area contributed by atoms with E-state index in [0.717, 1.165) is 12.8 Å². The molecule has 1 amide bonds. The summed E-state index contributed by atoms with van der Waals surface area (Å²) in [5.74, 6) is 0.816. The van der Waals surface area contributed by atoms with E-state index in [4.69, 9.17) is 4.74 Å². The normalized spacial score (nSPS) is 26.7. The number of hydrogen-bond acceptors (Lipinski definition) is 3. The lowest BCUT2D eigenvalue weighted by atomic mass is 9.71. The van der Waals surface area contributed by atoms with E-state index < -0.39 is 12.0 Å². The Morgan fingerprint density at radius 3 is 2.54 bits per heavy atom. The van der Waals surface area contributed by atoms with E-state index in [0.29, 0.717) is 49.6 Å². The Hall–Kier alpha value is -1.69. The molecule has 2 aliphatic rings. The second-order valence-electron chi connectivity index (χ2n) is 7.94. The molecule has 0 radical (unpaired) electrons. The third-order valence-corrected chi connectivity index (χ3v) is 5.74. The van der Waals surface area contributed by atoms with Crippen LogP contribution in [0, 0.1) is 11.8 Å². The molecule has 1 aromatic rings. The van der Waals surface area contributed by atoms with Crippen LogP contribution in [0.4, 0.5) is 8.78 Å². The number of hydrogen-bond donors (Lipinski definition) is 1. The summed E-state index contributed by atoms with van der Waals surface area (Å²) in [6.45, 7) is 3.10. The molecule has 0 spiro atoms. The predicted octanol–water partition coefficient (Wildman–Crippen LogP) is 3.57. The fourth-order valence-corrected chi connectivity index (χ4v) is 4.19. The van der Waals surface area contributed by atoms with Crippen molar-refractivity contribution in [2.75, 3.05) is 20.2 Å². The highest BCUT2D eigenvalue weighted by atomic mass is 19.3. The van der Waals surface area contributed by atoms with Gasteiger partial charge in [0, 0.05) is 24.6 Å². The molecule has 0 bridgehead atoms. The molecule has 1 aliphatic carbocycles. The molecule has 1 saturated carbocycles. The van der Waals surface area contributed by atoms with Crippen LogP contribution in [0.2, 0.25) is 0 Å². The van der Waals surface area contributed by atoms with Gasteiger partial charge in [-0.05, 0) is 62.6 Å². The quantitative estimate of drug-likeness (QED) is 0.866. The van der Waals surface area contributed by atoms with E-state index >= 15 is 0 Å². The van der Waals surface area contributed by atoms with Crippen molar-refractivity contribution in [1.29, 1.82) is 0 Å². The van der Waals surface area contributed by atoms with Crippen molar-refractivity contribution in [3.05, 3.63) is 29.3 Å². The number of carbonyl (C=O) groups is 1. The summed E-state index contributed by atoms with van der Waals surface area (Å²) in [7, 11) is 1.47. The van der Waals surface area contributed by atoms with Crippen molar-refractivity contribution in [3.63, 3.8) is 0 Å². The second kappa shape index (κ2) is 7.51. The van der Waals surface area contributed by atoms with Gasteiger partial charge in [0.2, 0.25) is 5.91 Å². The van der Waals surface area contributed by atoms with Crippen molar-refractivity contribution < 1.29 is 23.4 Å². The zero-order chi connectivity index (χ0) is 18.9. The molecule has 144 valence electrons. The van der Waals surface area contributed by atoms with Gasteiger partial charge in [0.25, 0.3) is 6.43 Å². The lowest BCUT2D eigenvalue weighted by Crippen LogP contribution is -2.51. The number of benzene rings is 1. The minimum absolute atomic E-state index is 0.0413. The molecule has 0 aromatic heterocycles. The molecule has 1 saturated heterocycles. The van der Waals surface area contributed by atoms with E-state index in [9.17, 15) is 18.7 Å². The predicted molar refractivity (Wildman–Crippen MR) is 94.3 cm³/mol. The molecule has 4 nitrogen and oxygen atoms in total. The number of carbonyl (C=O) groups excluding carboxylic acids is 1. The number of likely N-dealkylation sites (tertiary alicyclic amines) is 1. The summed E-state index contributed by atoms with van der Waals surface area (Å²) in [6.07, 6.45) is 0.801. The molecule has 2 fully saturated rings. The van der Waals surface area contributed by atoms with Gasteiger partial charge in [0.1, 0.15) is 5.75 Å². The topological polar surface area (TPSA) is 49.8 Å². The Kier molecular flexibility index (Phi) is 5.51. The number of ether oxygens (including phenoxy) is 1. The number of nitrogens with zero attached hydrogens (tertiary/aromatic N) is 1. The Morgan fingerprint density at radius 2 is 2.00 bits per heavy atom. The highest BCUT2D eigenvalue weighted by Gasteiger charge is 2.44. The first-order chi connectivity index (χ1) is 12.3. The smallest absolute Gasteiger partial charge is 0.264 e. The van der Waals surface area contributed by atoms with Gasteiger partial charge in [0.15, 0.2) is 0 Å². The summed E-state index contributed by atoms with van der Waals surface area (Å²) in [5, 5.41) is 9.80. The molecule has 6 heteroatoms. The van der Waals surface area contributed by atoms with Gasteiger partial charge in [-0.15, -0.1) is 0 Å². The van der Waals surface area contributed by atoms with E-state index in [2.05, 4.69) is 0 Å². The summed E-state index contributed by atoms with van der Waals surface area (Å²) >= 11 is 0. The Balaban J connectivity index is 1.55. The summed E-state index contributed by atoms with van der Waals surface area (Å²) in [4.78, 5) is 14.3. The SMILES string of the molecule is COc1ccc(CC2CCN(C(=O)C3CC(C)(O)C3)CC2)c(C(F)F)c1. The van der Waals surface area contributed by atoms with E-state index in [-0.39, 0.29) is 17.4 Å². The molecule has 1 aromatic carbocycles. The number of rotatable bonds is 5. The number of aliphatic hydroxyl groups is 1. The maximum Gasteiger partial charge on any atom is 0.264 e. The monoisotopic (exact) mass is 367 g/mol. The van der Waals surface area contributed by atoms with Gasteiger partial charge in [-0.2, -0.15) is 0 Å². The molecule has 3 rings (SSSR count). The van der Waals surface area contributed by atoms with Crippen LogP contribution in [-0.4, -0.2) is 41.7 Å². The van der Waals surface area contributed by atoms with Crippen molar-refractivity contribution in [1.82, 2.24) is 4.90 Å². The summed E-state index contributed by atoms with van der Waals surface area (Å²) in [6, 6.07) is 4.87. The molecular weight excluding hydrogens is 340 g/mol. The first kappa shape index (κ1) is 19.1. The molecule has 1 N–H and O–H groups in total. The Labute approximate surface area is 153 Å². The van der Waals surface area contributed by atoms with Gasteiger partial charge >= 0.3 is 0 Å². The first-order valence-corrected chi connectivity index (χ1v) is 9.25. The summed E-state index contributed by atoms with van der Waals surface area (Å²) in [5.41, 5.74) is 0.0127.